The van der Waals surface area contributed by atoms with E-state index >= 15 is 0 Å². The minimum Gasteiger partial charge on any atom is -0.455 e. The number of sulfonamides is 1. The summed E-state index contributed by atoms with van der Waals surface area (Å²) in [6, 6.07) is 11.9. The molecule has 0 aliphatic heterocycles. The first-order valence-electron chi connectivity index (χ1n) is 6.56. The minimum absolute atomic E-state index is 0.127. The highest BCUT2D eigenvalue weighted by Crippen LogP contribution is 2.31. The fourth-order valence-electron chi connectivity index (χ4n) is 1.83. The van der Waals surface area contributed by atoms with Gasteiger partial charge in [0.1, 0.15) is 5.75 Å². The molecule has 2 rings (SSSR count). The minimum atomic E-state index is -3.54. The number of ether oxygens (including phenoxy) is 1. The third-order valence-electron chi connectivity index (χ3n) is 2.94. The van der Waals surface area contributed by atoms with E-state index in [1.807, 2.05) is 25.1 Å². The maximum atomic E-state index is 12.0. The second-order valence-electron chi connectivity index (χ2n) is 4.57. The van der Waals surface area contributed by atoms with Crippen LogP contribution in [0.15, 0.2) is 47.4 Å². The molecule has 0 aliphatic carbocycles. The second-order valence-corrected chi connectivity index (χ2v) is 6.34. The van der Waals surface area contributed by atoms with Crippen molar-refractivity contribution < 1.29 is 13.2 Å². The standard InChI is InChI=1S/C15H18N2O3S/c1-3-17-21(18,19)12-8-9-13(16)15(10-12)20-14-7-5-4-6-11(14)2/h4-10,17H,3,16H2,1-2H3. The number of rotatable bonds is 5. The maximum absolute atomic E-state index is 12.0. The third kappa shape index (κ3) is 3.53. The quantitative estimate of drug-likeness (QED) is 0.832. The molecule has 6 heteroatoms. The lowest BCUT2D eigenvalue weighted by Crippen LogP contribution is -2.23. The van der Waals surface area contributed by atoms with E-state index in [2.05, 4.69) is 4.72 Å². The largest absolute Gasteiger partial charge is 0.455 e. The molecule has 0 amide bonds. The monoisotopic (exact) mass is 306 g/mol. The highest BCUT2D eigenvalue weighted by molar-refractivity contribution is 7.89. The van der Waals surface area contributed by atoms with Gasteiger partial charge in [-0.1, -0.05) is 25.1 Å². The van der Waals surface area contributed by atoms with Crippen LogP contribution in [0.4, 0.5) is 5.69 Å². The van der Waals surface area contributed by atoms with Crippen molar-refractivity contribution >= 4 is 15.7 Å². The number of hydrogen-bond donors (Lipinski definition) is 2. The Bertz CT molecular complexity index is 742. The first kappa shape index (κ1) is 15.3. The Hall–Kier alpha value is -2.05. The Morgan fingerprint density at radius 1 is 1.14 bits per heavy atom. The summed E-state index contributed by atoms with van der Waals surface area (Å²) >= 11 is 0. The molecule has 0 radical (unpaired) electrons. The van der Waals surface area contributed by atoms with Gasteiger partial charge in [0.05, 0.1) is 10.6 Å². The predicted molar refractivity (Wildman–Crippen MR) is 83.0 cm³/mol. The van der Waals surface area contributed by atoms with Crippen LogP contribution in [0.2, 0.25) is 0 Å². The van der Waals surface area contributed by atoms with Crippen LogP contribution in [-0.4, -0.2) is 15.0 Å². The number of benzene rings is 2. The lowest BCUT2D eigenvalue weighted by atomic mass is 10.2. The lowest BCUT2D eigenvalue weighted by molar-refractivity contribution is 0.479. The molecule has 0 bridgehead atoms. The van der Waals surface area contributed by atoms with Gasteiger partial charge in [0.2, 0.25) is 10.0 Å². The molecule has 5 nitrogen and oxygen atoms in total. The molecule has 0 saturated carbocycles. The van der Waals surface area contributed by atoms with E-state index in [1.54, 1.807) is 13.0 Å². The van der Waals surface area contributed by atoms with E-state index in [0.29, 0.717) is 23.7 Å². The van der Waals surface area contributed by atoms with Crippen molar-refractivity contribution in [3.05, 3.63) is 48.0 Å². The van der Waals surface area contributed by atoms with E-state index in [4.69, 9.17) is 10.5 Å². The van der Waals surface area contributed by atoms with Crippen LogP contribution in [-0.2, 0) is 10.0 Å². The molecule has 0 spiro atoms. The van der Waals surface area contributed by atoms with Crippen molar-refractivity contribution in [1.82, 2.24) is 4.72 Å². The van der Waals surface area contributed by atoms with Crippen molar-refractivity contribution in [1.29, 1.82) is 0 Å². The SMILES string of the molecule is CCNS(=O)(=O)c1ccc(N)c(Oc2ccccc2C)c1. The highest BCUT2D eigenvalue weighted by Gasteiger charge is 2.15. The Morgan fingerprint density at radius 2 is 1.86 bits per heavy atom. The highest BCUT2D eigenvalue weighted by atomic mass is 32.2. The van der Waals surface area contributed by atoms with Gasteiger partial charge in [-0.05, 0) is 30.7 Å². The van der Waals surface area contributed by atoms with Crippen molar-refractivity contribution in [2.24, 2.45) is 0 Å². The fraction of sp³-hybridized carbons (Fsp3) is 0.200. The first-order chi connectivity index (χ1) is 9.94. The number of nitrogens with two attached hydrogens (primary N) is 1. The summed E-state index contributed by atoms with van der Waals surface area (Å²) in [6.07, 6.45) is 0. The molecule has 2 aromatic rings. The van der Waals surface area contributed by atoms with E-state index in [0.717, 1.165) is 5.56 Å². The second kappa shape index (κ2) is 6.15. The molecule has 3 N–H and O–H groups in total. The molecule has 112 valence electrons. The van der Waals surface area contributed by atoms with Gasteiger partial charge in [0.25, 0.3) is 0 Å². The molecule has 0 heterocycles. The average molecular weight is 306 g/mol. The zero-order valence-electron chi connectivity index (χ0n) is 12.0. The molecule has 0 atom stereocenters. The van der Waals surface area contributed by atoms with Crippen LogP contribution in [0.3, 0.4) is 0 Å². The van der Waals surface area contributed by atoms with E-state index in [9.17, 15) is 8.42 Å². The van der Waals surface area contributed by atoms with Crippen molar-refractivity contribution in [3.8, 4) is 11.5 Å². The van der Waals surface area contributed by atoms with Crippen LogP contribution in [0.5, 0.6) is 11.5 Å². The van der Waals surface area contributed by atoms with Gasteiger partial charge >= 0.3 is 0 Å². The summed E-state index contributed by atoms with van der Waals surface area (Å²) < 4.78 is 32.2. The Balaban J connectivity index is 2.39. The summed E-state index contributed by atoms with van der Waals surface area (Å²) in [4.78, 5) is 0.127. The summed E-state index contributed by atoms with van der Waals surface area (Å²) in [7, 11) is -3.54. The number of anilines is 1. The molecule has 0 unspecified atom stereocenters. The maximum Gasteiger partial charge on any atom is 0.240 e. The predicted octanol–water partition coefficient (Wildman–Crippen LogP) is 2.67. The van der Waals surface area contributed by atoms with Crippen LogP contribution >= 0.6 is 0 Å². The molecular weight excluding hydrogens is 288 g/mol. The van der Waals surface area contributed by atoms with Gasteiger partial charge in [-0.25, -0.2) is 13.1 Å². The van der Waals surface area contributed by atoms with Gasteiger partial charge < -0.3 is 10.5 Å². The normalized spacial score (nSPS) is 11.3. The summed E-state index contributed by atoms with van der Waals surface area (Å²) in [6.45, 7) is 3.95. The Morgan fingerprint density at radius 3 is 2.52 bits per heavy atom. The molecule has 0 aromatic heterocycles. The molecule has 0 aliphatic rings. The first-order valence-corrected chi connectivity index (χ1v) is 8.05. The molecule has 0 fully saturated rings. The Kier molecular flexibility index (Phi) is 4.50. The third-order valence-corrected chi connectivity index (χ3v) is 4.49. The number of aryl methyl sites for hydroxylation is 1. The zero-order chi connectivity index (χ0) is 15.5. The van der Waals surface area contributed by atoms with Crippen LogP contribution in [0.25, 0.3) is 0 Å². The van der Waals surface area contributed by atoms with Crippen molar-refractivity contribution in [2.75, 3.05) is 12.3 Å². The van der Waals surface area contributed by atoms with Crippen LogP contribution in [0.1, 0.15) is 12.5 Å². The van der Waals surface area contributed by atoms with E-state index < -0.39 is 10.0 Å². The number of nitrogens with one attached hydrogen (secondary N) is 1. The van der Waals surface area contributed by atoms with E-state index in [-0.39, 0.29) is 4.90 Å². The molecular formula is C15H18N2O3S. The van der Waals surface area contributed by atoms with Crippen LogP contribution in [0, 0.1) is 6.92 Å². The summed E-state index contributed by atoms with van der Waals surface area (Å²) in [5.74, 6) is 0.963. The topological polar surface area (TPSA) is 81.4 Å². The zero-order valence-corrected chi connectivity index (χ0v) is 12.8. The Labute approximate surface area is 124 Å². The van der Waals surface area contributed by atoms with Gasteiger partial charge in [-0.3, -0.25) is 0 Å². The average Bonchev–Trinajstić information content (AvgIpc) is 2.43. The van der Waals surface area contributed by atoms with Crippen molar-refractivity contribution in [3.63, 3.8) is 0 Å². The molecule has 0 saturated heterocycles. The summed E-state index contributed by atoms with van der Waals surface area (Å²) in [5, 5.41) is 0. The lowest BCUT2D eigenvalue weighted by Gasteiger charge is -2.12. The smallest absolute Gasteiger partial charge is 0.240 e. The number of hydrogen-bond acceptors (Lipinski definition) is 4. The number of para-hydroxylation sites is 1. The van der Waals surface area contributed by atoms with Crippen molar-refractivity contribution in [2.45, 2.75) is 18.7 Å². The summed E-state index contributed by atoms with van der Waals surface area (Å²) in [5.41, 5.74) is 7.19. The van der Waals surface area contributed by atoms with Gasteiger partial charge in [0, 0.05) is 12.6 Å². The number of nitrogen functional groups attached to an aromatic ring is 1. The van der Waals surface area contributed by atoms with E-state index in [1.165, 1.54) is 18.2 Å². The van der Waals surface area contributed by atoms with Crippen LogP contribution < -0.4 is 15.2 Å². The van der Waals surface area contributed by atoms with Gasteiger partial charge in [-0.2, -0.15) is 0 Å². The molecule has 2 aromatic carbocycles. The molecule has 21 heavy (non-hydrogen) atoms. The van der Waals surface area contributed by atoms with Gasteiger partial charge in [0.15, 0.2) is 5.75 Å². The fourth-order valence-corrected chi connectivity index (χ4v) is 2.89. The van der Waals surface area contributed by atoms with Gasteiger partial charge in [-0.15, -0.1) is 0 Å².